The molecule has 34 heavy (non-hydrogen) atoms. The van der Waals surface area contributed by atoms with Crippen LogP contribution in [0.4, 0.5) is 0 Å². The molecule has 0 aliphatic carbocycles. The lowest BCUT2D eigenvalue weighted by atomic mass is 9.45. The summed E-state index contributed by atoms with van der Waals surface area (Å²) in [7, 11) is 0. The van der Waals surface area contributed by atoms with Gasteiger partial charge in [-0.1, -0.05) is 119 Å². The summed E-state index contributed by atoms with van der Waals surface area (Å²) in [5.74, 6) is 0. The van der Waals surface area contributed by atoms with E-state index in [1.165, 1.54) is 128 Å². The van der Waals surface area contributed by atoms with E-state index in [-0.39, 0.29) is 22.6 Å². The summed E-state index contributed by atoms with van der Waals surface area (Å²) in [6.07, 6.45) is 27.5. The van der Waals surface area contributed by atoms with Crippen molar-refractivity contribution in [2.75, 3.05) is 0 Å². The summed E-state index contributed by atoms with van der Waals surface area (Å²) in [4.78, 5) is 0. The van der Waals surface area contributed by atoms with Gasteiger partial charge in [0.2, 0.25) is 0 Å². The van der Waals surface area contributed by atoms with Crippen LogP contribution in [0.25, 0.3) is 0 Å². The molecule has 0 spiro atoms. The van der Waals surface area contributed by atoms with Crippen molar-refractivity contribution in [3.63, 3.8) is 0 Å². The van der Waals surface area contributed by atoms with Crippen LogP contribution < -0.4 is 11.9 Å². The average molecular weight is 491 g/mol. The number of quaternary nitrogens is 2. The largest absolute Gasteiger partial charge is 0.870 e. The minimum absolute atomic E-state index is 0. The van der Waals surface area contributed by atoms with Crippen LogP contribution in [-0.4, -0.2) is 16.5 Å². The molecule has 0 heterocycles. The van der Waals surface area contributed by atoms with Crippen molar-refractivity contribution in [3.05, 3.63) is 0 Å². The van der Waals surface area contributed by atoms with E-state index in [4.69, 9.17) is 5.73 Å². The molecule has 0 aliphatic rings. The third-order valence-corrected chi connectivity index (χ3v) is 8.71. The van der Waals surface area contributed by atoms with E-state index in [2.05, 4.69) is 48.5 Å². The zero-order valence-corrected chi connectivity index (χ0v) is 25.2. The molecule has 0 saturated heterocycles. The zero-order chi connectivity index (χ0) is 23.6. The summed E-state index contributed by atoms with van der Waals surface area (Å²) in [6, 6.07) is 0. The van der Waals surface area contributed by atoms with Gasteiger partial charge in [0.25, 0.3) is 0 Å². The van der Waals surface area contributed by atoms with Gasteiger partial charge in [-0.05, 0) is 50.4 Å². The van der Waals surface area contributed by atoms with Gasteiger partial charge in [-0.25, -0.2) is 0 Å². The van der Waals surface area contributed by atoms with Crippen molar-refractivity contribution in [1.82, 2.24) is 6.15 Å². The summed E-state index contributed by atoms with van der Waals surface area (Å²) >= 11 is 0. The van der Waals surface area contributed by atoms with Gasteiger partial charge in [0.05, 0.1) is 0 Å². The summed E-state index contributed by atoms with van der Waals surface area (Å²) in [6.45, 7) is 16.9. The van der Waals surface area contributed by atoms with Gasteiger partial charge in [0.15, 0.2) is 0 Å². The second kappa shape index (κ2) is 23.3. The minimum atomic E-state index is 0. The Morgan fingerprint density at radius 3 is 1.00 bits per heavy atom. The Morgan fingerprint density at radius 2 is 0.706 bits per heavy atom. The molecule has 0 rings (SSSR count). The van der Waals surface area contributed by atoms with Crippen LogP contribution in [0.3, 0.4) is 0 Å². The molecule has 0 aromatic heterocycles. The van der Waals surface area contributed by atoms with Crippen LogP contribution in [0.2, 0.25) is 0 Å². The fourth-order valence-corrected chi connectivity index (χ4v) is 6.94. The Morgan fingerprint density at radius 1 is 0.412 bits per heavy atom. The first-order valence-electron chi connectivity index (χ1n) is 14.8. The van der Waals surface area contributed by atoms with Gasteiger partial charge in [-0.15, -0.1) is 0 Å². The molecule has 0 atom stereocenters. The second-order valence-corrected chi connectivity index (χ2v) is 11.0. The first-order chi connectivity index (χ1) is 14.9. The molecule has 0 unspecified atom stereocenters. The highest BCUT2D eigenvalue weighted by Crippen LogP contribution is 2.62. The monoisotopic (exact) mass is 491 g/mol. The minimum Gasteiger partial charge on any atom is -0.870 e. The molecule has 4 heteroatoms. The fourth-order valence-electron chi connectivity index (χ4n) is 6.94. The van der Waals surface area contributed by atoms with Gasteiger partial charge in [0.1, 0.15) is 5.54 Å². The lowest BCUT2D eigenvalue weighted by Gasteiger charge is -2.59. The highest BCUT2D eigenvalue weighted by Gasteiger charge is 2.60. The number of unbranched alkanes of at least 4 members (excludes halogenated alkanes) is 6. The van der Waals surface area contributed by atoms with Crippen LogP contribution in [-0.2, 0) is 0 Å². The lowest BCUT2D eigenvalue weighted by Crippen LogP contribution is -2.82. The van der Waals surface area contributed by atoms with Crippen LogP contribution >= 0.6 is 0 Å². The molecule has 0 saturated carbocycles. The molecule has 0 bridgehead atoms. The third kappa shape index (κ3) is 11.3. The van der Waals surface area contributed by atoms with E-state index in [9.17, 15) is 0 Å². The van der Waals surface area contributed by atoms with E-state index in [1.54, 1.807) is 0 Å². The molecule has 212 valence electrons. The second-order valence-electron chi connectivity index (χ2n) is 11.0. The highest BCUT2D eigenvalue weighted by atomic mass is 16.0. The maximum Gasteiger partial charge on any atom is 0.101 e. The molecule has 0 aliphatic heterocycles. The fraction of sp³-hybridized carbons (Fsp3) is 1.00. The summed E-state index contributed by atoms with van der Waals surface area (Å²) in [5.41, 5.74) is 6.44. The van der Waals surface area contributed by atoms with Crippen molar-refractivity contribution in [1.29, 1.82) is 0 Å². The van der Waals surface area contributed by atoms with Crippen LogP contribution in [0.5, 0.6) is 0 Å². The lowest BCUT2D eigenvalue weighted by molar-refractivity contribution is -0.525. The van der Waals surface area contributed by atoms with E-state index in [1.807, 2.05) is 0 Å². The Labute approximate surface area is 216 Å². The molecule has 0 radical (unpaired) electrons. The van der Waals surface area contributed by atoms with Crippen LogP contribution in [0.15, 0.2) is 0 Å². The predicted molar refractivity (Wildman–Crippen MR) is 152 cm³/mol. The van der Waals surface area contributed by atoms with Crippen molar-refractivity contribution in [2.45, 2.75) is 182 Å². The van der Waals surface area contributed by atoms with Gasteiger partial charge in [-0.2, -0.15) is 0 Å². The maximum atomic E-state index is 5.29. The van der Waals surface area contributed by atoms with Gasteiger partial charge >= 0.3 is 0 Å². The molecule has 0 aromatic rings. The van der Waals surface area contributed by atoms with E-state index >= 15 is 0 Å². The normalized spacial score (nSPS) is 12.0. The summed E-state index contributed by atoms with van der Waals surface area (Å²) < 4.78 is 0. The van der Waals surface area contributed by atoms with E-state index < -0.39 is 0 Å². The Kier molecular flexibility index (Phi) is 28.0. The topological polar surface area (TPSA) is 124 Å². The molecule has 0 fully saturated rings. The first-order valence-corrected chi connectivity index (χ1v) is 14.8. The van der Waals surface area contributed by atoms with Gasteiger partial charge in [-0.3, -0.25) is 0 Å². The molecule has 0 aromatic carbocycles. The molecule has 0 amide bonds. The summed E-state index contributed by atoms with van der Waals surface area (Å²) in [5, 5.41) is 0. The average Bonchev–Trinajstić information content (AvgIpc) is 2.78. The Hall–Kier alpha value is -0.160. The van der Waals surface area contributed by atoms with Crippen LogP contribution in [0.1, 0.15) is 177 Å². The van der Waals surface area contributed by atoms with Crippen LogP contribution in [0, 0.1) is 10.8 Å². The molecule has 9 N–H and O–H groups in total. The number of rotatable bonds is 22. The molecular formula is C30H70N2O2. The van der Waals surface area contributed by atoms with Crippen molar-refractivity contribution < 1.29 is 16.7 Å². The number of hydrogen-bond acceptors (Lipinski definition) is 2. The standard InChI is InChI=1S/C30H63N.H3N.2H2O/c1-8-15-22-28(21-14-7,23-16-9-2)29(24-17-10-3,25-18-11-4)30(31,26-19-12-5)27-20-13-6;;;/h8-27,31H2,1-7H3;1H3;2*1H2. The van der Waals surface area contributed by atoms with Gasteiger partial charge < -0.3 is 22.8 Å². The zero-order valence-electron chi connectivity index (χ0n) is 25.2. The maximum absolute atomic E-state index is 5.29. The number of hydrogen-bond donors (Lipinski definition) is 2. The first kappa shape index (κ1) is 41.0. The highest BCUT2D eigenvalue weighted by molar-refractivity contribution is 5.08. The van der Waals surface area contributed by atoms with E-state index in [0.29, 0.717) is 10.8 Å². The Bertz CT molecular complexity index is 391. The quantitative estimate of drug-likeness (QED) is 0.157. The van der Waals surface area contributed by atoms with Crippen molar-refractivity contribution >= 4 is 0 Å². The molecule has 4 nitrogen and oxygen atoms in total. The smallest absolute Gasteiger partial charge is 0.101 e. The van der Waals surface area contributed by atoms with Crippen molar-refractivity contribution in [3.8, 4) is 0 Å². The SMILES string of the molecule is CCCCC([NH3+])(CCCC)C(CCCC)(CCCC)C(CCC)(CCCC)CCCC.[NH4+].[OH-].[OH-]. The third-order valence-electron chi connectivity index (χ3n) is 8.71. The Balaban J connectivity index is -0.00000150. The van der Waals surface area contributed by atoms with E-state index in [0.717, 1.165) is 0 Å². The molecular weight excluding hydrogens is 420 g/mol. The van der Waals surface area contributed by atoms with Gasteiger partial charge in [0, 0.05) is 18.3 Å². The van der Waals surface area contributed by atoms with Crippen molar-refractivity contribution in [2.24, 2.45) is 10.8 Å². The predicted octanol–water partition coefficient (Wildman–Crippen LogP) is 9.90.